The van der Waals surface area contributed by atoms with Gasteiger partial charge in [-0.25, -0.2) is 0 Å². The summed E-state index contributed by atoms with van der Waals surface area (Å²) < 4.78 is 11.8. The zero-order valence-electron chi connectivity index (χ0n) is 16.9. The van der Waals surface area contributed by atoms with Crippen molar-refractivity contribution in [1.29, 1.82) is 0 Å². The van der Waals surface area contributed by atoms with Crippen molar-refractivity contribution in [2.75, 3.05) is 6.61 Å². The third-order valence-corrected chi connectivity index (χ3v) is 8.96. The van der Waals surface area contributed by atoms with Crippen LogP contribution in [0.25, 0.3) is 0 Å². The van der Waals surface area contributed by atoms with E-state index in [0.717, 1.165) is 19.3 Å². The summed E-state index contributed by atoms with van der Waals surface area (Å²) in [5.41, 5.74) is -1.53. The molecule has 6 fully saturated rings. The number of ether oxygens (including phenoxy) is 2. The smallest absolute Gasteiger partial charge is 0.302 e. The average Bonchev–Trinajstić information content (AvgIpc) is 2.78. The van der Waals surface area contributed by atoms with Gasteiger partial charge in [0.2, 0.25) is 5.79 Å². The van der Waals surface area contributed by atoms with Gasteiger partial charge in [-0.1, -0.05) is 26.8 Å². The van der Waals surface area contributed by atoms with Crippen molar-refractivity contribution in [3.63, 3.8) is 0 Å². The predicted molar refractivity (Wildman–Crippen MR) is 98.8 cm³/mol. The molecule has 6 rings (SSSR count). The molecule has 0 radical (unpaired) electrons. The van der Waals surface area contributed by atoms with Gasteiger partial charge in [0, 0.05) is 24.2 Å². The number of hydrogen-bond acceptors (Lipinski definition) is 6. The molecule has 6 heteroatoms. The lowest BCUT2D eigenvalue weighted by atomic mass is 9.36. The van der Waals surface area contributed by atoms with Gasteiger partial charge in [0.25, 0.3) is 0 Å². The summed E-state index contributed by atoms with van der Waals surface area (Å²) in [7, 11) is 0. The van der Waals surface area contributed by atoms with E-state index >= 15 is 0 Å². The Morgan fingerprint density at radius 1 is 1.29 bits per heavy atom. The van der Waals surface area contributed by atoms with Gasteiger partial charge in [0.1, 0.15) is 12.2 Å². The second-order valence-electron chi connectivity index (χ2n) is 10.6. The molecule has 0 unspecified atom stereocenters. The Bertz CT molecular complexity index is 788. The summed E-state index contributed by atoms with van der Waals surface area (Å²) in [6.45, 7) is 9.93. The van der Waals surface area contributed by atoms with Crippen molar-refractivity contribution in [3.05, 3.63) is 12.2 Å². The van der Waals surface area contributed by atoms with Crippen LogP contribution in [0.5, 0.6) is 0 Å². The van der Waals surface area contributed by atoms with Crippen molar-refractivity contribution in [3.8, 4) is 0 Å². The molecule has 0 aromatic rings. The Kier molecular flexibility index (Phi) is 3.53. The zero-order chi connectivity index (χ0) is 20.3. The van der Waals surface area contributed by atoms with Gasteiger partial charge < -0.3 is 19.7 Å². The number of carbonyl (C=O) groups excluding carboxylic acids is 2. The number of hydrogen-bond donors (Lipinski definition) is 2. The lowest BCUT2D eigenvalue weighted by molar-refractivity contribution is -0.445. The second-order valence-corrected chi connectivity index (χ2v) is 10.6. The fourth-order valence-corrected chi connectivity index (χ4v) is 8.28. The molecule has 6 nitrogen and oxygen atoms in total. The van der Waals surface area contributed by atoms with Crippen LogP contribution >= 0.6 is 0 Å². The highest BCUT2D eigenvalue weighted by molar-refractivity contribution is 6.04. The maximum absolute atomic E-state index is 13.6. The summed E-state index contributed by atoms with van der Waals surface area (Å²) in [4.78, 5) is 25.5. The van der Waals surface area contributed by atoms with E-state index in [-0.39, 0.29) is 41.5 Å². The molecule has 4 saturated carbocycles. The molecule has 2 heterocycles. The molecular formula is C22H30O6. The zero-order valence-corrected chi connectivity index (χ0v) is 16.9. The van der Waals surface area contributed by atoms with Crippen molar-refractivity contribution in [2.45, 2.75) is 70.9 Å². The van der Waals surface area contributed by atoms with Crippen molar-refractivity contribution in [2.24, 2.45) is 34.0 Å². The van der Waals surface area contributed by atoms with Crippen molar-refractivity contribution < 1.29 is 29.3 Å². The predicted octanol–water partition coefficient (Wildman–Crippen LogP) is 1.98. The third kappa shape index (κ3) is 1.81. The van der Waals surface area contributed by atoms with E-state index in [1.807, 2.05) is 0 Å². The number of ketones is 1. The Morgan fingerprint density at radius 3 is 2.68 bits per heavy atom. The summed E-state index contributed by atoms with van der Waals surface area (Å²) in [5, 5.41) is 23.2. The van der Waals surface area contributed by atoms with E-state index in [2.05, 4.69) is 20.4 Å². The second kappa shape index (κ2) is 5.27. The minimum Gasteiger partial charge on any atom is -0.462 e. The average molecular weight is 390 g/mol. The molecular weight excluding hydrogens is 360 g/mol. The molecule has 0 amide bonds. The van der Waals surface area contributed by atoms with E-state index < -0.39 is 28.8 Å². The molecule has 28 heavy (non-hydrogen) atoms. The first kappa shape index (κ1) is 18.8. The first-order valence-electron chi connectivity index (χ1n) is 10.5. The van der Waals surface area contributed by atoms with Crippen LogP contribution in [0.3, 0.4) is 0 Å². The fourth-order valence-electron chi connectivity index (χ4n) is 8.28. The number of rotatable bonds is 1. The Hall–Kier alpha value is -1.24. The topological polar surface area (TPSA) is 93.1 Å². The first-order valence-corrected chi connectivity index (χ1v) is 10.5. The van der Waals surface area contributed by atoms with Crippen LogP contribution in [-0.2, 0) is 19.1 Å². The van der Waals surface area contributed by atoms with E-state index in [1.165, 1.54) is 6.92 Å². The van der Waals surface area contributed by atoms with Crippen LogP contribution in [0.2, 0.25) is 0 Å². The van der Waals surface area contributed by atoms with Gasteiger partial charge in [-0.15, -0.1) is 0 Å². The number of allylic oxidation sites excluding steroid dienone is 1. The summed E-state index contributed by atoms with van der Waals surface area (Å²) >= 11 is 0. The van der Waals surface area contributed by atoms with Gasteiger partial charge in [-0.05, 0) is 42.6 Å². The lowest BCUT2D eigenvalue weighted by Crippen LogP contribution is -2.83. The van der Waals surface area contributed by atoms with Crippen LogP contribution in [0.15, 0.2) is 12.2 Å². The number of carbonyl (C=O) groups is 2. The highest BCUT2D eigenvalue weighted by Crippen LogP contribution is 2.76. The highest BCUT2D eigenvalue weighted by atomic mass is 16.6. The van der Waals surface area contributed by atoms with Crippen molar-refractivity contribution >= 4 is 11.8 Å². The third-order valence-electron chi connectivity index (χ3n) is 8.96. The minimum absolute atomic E-state index is 0.154. The Labute approximate surface area is 165 Å². The highest BCUT2D eigenvalue weighted by Gasteiger charge is 2.84. The molecule has 0 aromatic carbocycles. The van der Waals surface area contributed by atoms with Crippen LogP contribution < -0.4 is 0 Å². The van der Waals surface area contributed by atoms with Crippen LogP contribution in [0.1, 0.15) is 52.9 Å². The molecule has 8 atom stereocenters. The van der Waals surface area contributed by atoms with Crippen LogP contribution in [0.4, 0.5) is 0 Å². The van der Waals surface area contributed by atoms with Gasteiger partial charge in [0.15, 0.2) is 5.78 Å². The summed E-state index contributed by atoms with van der Waals surface area (Å²) in [6, 6.07) is 0. The monoisotopic (exact) mass is 390 g/mol. The fraction of sp³-hybridized carbons (Fsp3) is 0.818. The number of esters is 1. The molecule has 2 spiro atoms. The quantitative estimate of drug-likeness (QED) is 0.525. The number of fused-ring (bicyclic) bond motifs is 2. The van der Waals surface area contributed by atoms with Gasteiger partial charge >= 0.3 is 5.97 Å². The molecule has 2 saturated heterocycles. The lowest BCUT2D eigenvalue weighted by Gasteiger charge is -2.73. The summed E-state index contributed by atoms with van der Waals surface area (Å²) in [6.07, 6.45) is 2.03. The molecule has 4 bridgehead atoms. The maximum Gasteiger partial charge on any atom is 0.302 e. The van der Waals surface area contributed by atoms with E-state index in [0.29, 0.717) is 18.4 Å². The number of aliphatic hydroxyl groups excluding tert-OH is 1. The first-order chi connectivity index (χ1) is 13.0. The molecule has 6 aliphatic rings. The van der Waals surface area contributed by atoms with Crippen molar-refractivity contribution in [1.82, 2.24) is 0 Å². The number of Topliss-reactive ketones (excluding diaryl/α,β-unsaturated/α-hetero) is 1. The Morgan fingerprint density at radius 2 is 2.00 bits per heavy atom. The van der Waals surface area contributed by atoms with Crippen LogP contribution in [0, 0.1) is 34.0 Å². The number of aliphatic hydroxyl groups is 2. The van der Waals surface area contributed by atoms with Gasteiger partial charge in [0.05, 0.1) is 12.0 Å². The minimum atomic E-state index is -1.97. The van der Waals surface area contributed by atoms with Gasteiger partial charge in [-0.2, -0.15) is 0 Å². The Balaban J connectivity index is 1.77. The molecule has 154 valence electrons. The molecule has 4 aliphatic carbocycles. The van der Waals surface area contributed by atoms with Gasteiger partial charge in [-0.3, -0.25) is 9.59 Å². The standard InChI is InChI=1S/C22H30O6/c1-11-13-8-14(28-12(2)23)15-20-7-5-6-19(3,4)16(20)18(25)22(26,27-10-20)21(15,9-13)17(11)24/h13-16,18,25-26H,1,5-10H2,2-4H3/t13-,14+,15+,16-,18-,20-,21+,22+/m0/s1. The maximum atomic E-state index is 13.6. The summed E-state index contributed by atoms with van der Waals surface area (Å²) in [5.74, 6) is -3.29. The molecule has 2 aliphatic heterocycles. The largest absolute Gasteiger partial charge is 0.462 e. The SMILES string of the molecule is C=C1C(=O)[C@@]23C[C@@H]1C[C@@H](OC(C)=O)[C@@H]2[C@@]12CCCC(C)(C)[C@@H]1[C@H](O)[C@@]3(O)OC2. The van der Waals surface area contributed by atoms with E-state index in [4.69, 9.17) is 9.47 Å². The van der Waals surface area contributed by atoms with E-state index in [1.54, 1.807) is 0 Å². The normalized spacial score (nSPS) is 53.5. The van der Waals surface area contributed by atoms with Crippen LogP contribution in [-0.4, -0.2) is 46.6 Å². The molecule has 0 aromatic heterocycles. The molecule has 2 N–H and O–H groups in total. The van der Waals surface area contributed by atoms with E-state index in [9.17, 15) is 19.8 Å².